The van der Waals surface area contributed by atoms with Crippen LogP contribution in [0.2, 0.25) is 0 Å². The summed E-state index contributed by atoms with van der Waals surface area (Å²) in [6.45, 7) is 8.08. The van der Waals surface area contributed by atoms with E-state index in [4.69, 9.17) is 0 Å². The van der Waals surface area contributed by atoms with E-state index in [9.17, 15) is 4.79 Å². The number of carbonyl (C=O) groups excluding carboxylic acids is 1. The van der Waals surface area contributed by atoms with Crippen molar-refractivity contribution in [1.29, 1.82) is 0 Å². The average molecular weight is 345 g/mol. The Morgan fingerprint density at radius 2 is 2.00 bits per heavy atom. The minimum Gasteiger partial charge on any atom is -0.347 e. The highest BCUT2D eigenvalue weighted by Gasteiger charge is 2.36. The van der Waals surface area contributed by atoms with Crippen molar-refractivity contribution in [3.05, 3.63) is 82.7 Å². The van der Waals surface area contributed by atoms with Crippen molar-refractivity contribution in [2.75, 3.05) is 14.1 Å². The molecule has 0 radical (unpaired) electrons. The van der Waals surface area contributed by atoms with Crippen LogP contribution >= 0.6 is 0 Å². The van der Waals surface area contributed by atoms with Gasteiger partial charge in [0.1, 0.15) is 11.4 Å². The highest BCUT2D eigenvalue weighted by atomic mass is 16.1. The predicted octanol–water partition coefficient (Wildman–Crippen LogP) is 4.09. The molecule has 0 saturated carbocycles. The zero-order chi connectivity index (χ0) is 18.8. The number of guanidine groups is 1. The number of carbonyl (C=O) groups is 1. The quantitative estimate of drug-likeness (QED) is 0.708. The van der Waals surface area contributed by atoms with Crippen LogP contribution in [0, 0.1) is 0 Å². The second-order valence-electron chi connectivity index (χ2n) is 6.61. The van der Waals surface area contributed by atoms with Crippen molar-refractivity contribution >= 4 is 17.5 Å². The molecule has 0 aromatic carbocycles. The molecule has 0 unspecified atom stereocenters. The number of hydrogen-bond donors (Lipinski definition) is 0. The van der Waals surface area contributed by atoms with Crippen molar-refractivity contribution < 1.29 is 4.79 Å². The fourth-order valence-corrected chi connectivity index (χ4v) is 3.00. The van der Waals surface area contributed by atoms with Crippen LogP contribution < -0.4 is 0 Å². The summed E-state index contributed by atoms with van der Waals surface area (Å²) in [5.41, 5.74) is 5.26. The van der Waals surface area contributed by atoms with E-state index in [-0.39, 0.29) is 5.78 Å². The molecule has 26 heavy (non-hydrogen) atoms. The van der Waals surface area contributed by atoms with Gasteiger partial charge in [0.25, 0.3) is 0 Å². The Bertz CT molecular complexity index is 928. The fourth-order valence-electron chi connectivity index (χ4n) is 3.00. The summed E-state index contributed by atoms with van der Waals surface area (Å²) in [5, 5.41) is 0. The molecule has 0 spiro atoms. The minimum atomic E-state index is -0.0431. The van der Waals surface area contributed by atoms with Gasteiger partial charge in [0.15, 0.2) is 5.78 Å². The molecule has 0 aromatic rings. The third-order valence-electron chi connectivity index (χ3n) is 4.41. The molecule has 1 aliphatic heterocycles. The summed E-state index contributed by atoms with van der Waals surface area (Å²) < 4.78 is 0. The molecule has 0 N–H and O–H groups in total. The highest BCUT2D eigenvalue weighted by Crippen LogP contribution is 2.37. The monoisotopic (exact) mass is 345 g/mol. The minimum absolute atomic E-state index is 0.0431. The maximum absolute atomic E-state index is 13.3. The van der Waals surface area contributed by atoms with Crippen LogP contribution in [0.3, 0.4) is 0 Å². The highest BCUT2D eigenvalue weighted by molar-refractivity contribution is 6.35. The third kappa shape index (κ3) is 3.10. The van der Waals surface area contributed by atoms with Crippen LogP contribution in [0.1, 0.15) is 20.3 Å². The van der Waals surface area contributed by atoms with Gasteiger partial charge < -0.3 is 4.90 Å². The van der Waals surface area contributed by atoms with Gasteiger partial charge in [0.05, 0.1) is 5.57 Å². The van der Waals surface area contributed by atoms with E-state index in [0.717, 1.165) is 11.1 Å². The van der Waals surface area contributed by atoms with Gasteiger partial charge in [0.2, 0.25) is 5.96 Å². The van der Waals surface area contributed by atoms with Gasteiger partial charge in [-0.2, -0.15) is 0 Å². The molecule has 4 nitrogen and oxygen atoms in total. The van der Waals surface area contributed by atoms with E-state index in [1.165, 1.54) is 0 Å². The molecule has 0 atom stereocenters. The van der Waals surface area contributed by atoms with E-state index < -0.39 is 0 Å². The first-order chi connectivity index (χ1) is 12.4. The summed E-state index contributed by atoms with van der Waals surface area (Å²) in [5.74, 6) is 0.545. The van der Waals surface area contributed by atoms with Gasteiger partial charge in [-0.05, 0) is 25.8 Å². The number of hydrogen-bond acceptors (Lipinski definition) is 4. The maximum Gasteiger partial charge on any atom is 0.226 e. The van der Waals surface area contributed by atoms with E-state index in [1.54, 1.807) is 0 Å². The van der Waals surface area contributed by atoms with Crippen LogP contribution in [0.5, 0.6) is 0 Å². The van der Waals surface area contributed by atoms with Gasteiger partial charge in [-0.25, -0.2) is 9.98 Å². The van der Waals surface area contributed by atoms with Gasteiger partial charge in [-0.1, -0.05) is 54.7 Å². The second-order valence-corrected chi connectivity index (χ2v) is 6.61. The zero-order valence-corrected chi connectivity index (χ0v) is 15.7. The molecule has 0 fully saturated rings. The van der Waals surface area contributed by atoms with Gasteiger partial charge >= 0.3 is 0 Å². The molecule has 4 heteroatoms. The van der Waals surface area contributed by atoms with Crippen LogP contribution in [0.15, 0.2) is 92.7 Å². The maximum atomic E-state index is 13.3. The van der Waals surface area contributed by atoms with E-state index in [2.05, 4.69) is 28.7 Å². The number of allylic oxidation sites excluding steroid dienone is 12. The predicted molar refractivity (Wildman–Crippen MR) is 108 cm³/mol. The summed E-state index contributed by atoms with van der Waals surface area (Å²) in [4.78, 5) is 24.4. The summed E-state index contributed by atoms with van der Waals surface area (Å²) in [6.07, 6.45) is 14.4. The molecule has 0 aromatic heterocycles. The van der Waals surface area contributed by atoms with Crippen molar-refractivity contribution in [1.82, 2.24) is 4.90 Å². The van der Waals surface area contributed by atoms with Crippen LogP contribution in [-0.2, 0) is 4.79 Å². The number of ketones is 1. The smallest absolute Gasteiger partial charge is 0.226 e. The number of Topliss-reactive ketones (excluding diaryl/α,β-unsaturated/α-hetero) is 1. The van der Waals surface area contributed by atoms with Crippen LogP contribution in [0.25, 0.3) is 0 Å². The Hall–Kier alpha value is -3.01. The molecule has 2 aliphatic carbocycles. The fraction of sp³-hybridized carbons (Fsp3) is 0.227. The lowest BCUT2D eigenvalue weighted by molar-refractivity contribution is -0.111. The molecule has 0 amide bonds. The normalized spacial score (nSPS) is 21.6. The van der Waals surface area contributed by atoms with Crippen molar-refractivity contribution in [3.63, 3.8) is 0 Å². The van der Waals surface area contributed by atoms with Crippen LogP contribution in [-0.4, -0.2) is 36.4 Å². The first-order valence-corrected chi connectivity index (χ1v) is 8.65. The Balaban J connectivity index is 2.24. The van der Waals surface area contributed by atoms with Gasteiger partial charge in [-0.3, -0.25) is 4.79 Å². The first kappa shape index (κ1) is 17.8. The lowest BCUT2D eigenvalue weighted by atomic mass is 9.81. The number of fused-ring (bicyclic) bond motifs is 1. The standard InChI is InChI=1S/C22H23N3O/c1-6-7-11-17-15(3)19-20(24-22(23-19)25(4)5)18(21(17)26)16-10-8-9-14(2)12-13-16/h6-9,11-13H,3,10H2,1-2,4-5H3/b7-6-,17-11+. The lowest BCUT2D eigenvalue weighted by Crippen LogP contribution is -2.23. The Morgan fingerprint density at radius 3 is 2.69 bits per heavy atom. The van der Waals surface area contributed by atoms with Gasteiger partial charge in [-0.15, -0.1) is 0 Å². The number of rotatable bonds is 2. The lowest BCUT2D eigenvalue weighted by Gasteiger charge is -2.21. The van der Waals surface area contributed by atoms with Crippen LogP contribution in [0.4, 0.5) is 0 Å². The van der Waals surface area contributed by atoms with Crippen molar-refractivity contribution in [2.45, 2.75) is 20.3 Å². The molecule has 3 aliphatic rings. The van der Waals surface area contributed by atoms with Crippen molar-refractivity contribution in [3.8, 4) is 0 Å². The van der Waals surface area contributed by atoms with E-state index in [1.807, 2.05) is 63.2 Å². The zero-order valence-electron chi connectivity index (χ0n) is 15.7. The van der Waals surface area contributed by atoms with Gasteiger partial charge in [0, 0.05) is 25.2 Å². The third-order valence-corrected chi connectivity index (χ3v) is 4.41. The molecular weight excluding hydrogens is 322 g/mol. The molecule has 132 valence electrons. The molecule has 0 bridgehead atoms. The average Bonchev–Trinajstić information content (AvgIpc) is 2.94. The second kappa shape index (κ2) is 7.08. The molecular formula is C22H23N3O. The Kier molecular flexibility index (Phi) is 4.85. The molecule has 0 saturated heterocycles. The SMILES string of the molecule is C=C1C2=NC(N(C)C)=NC2=C(C2=CC=C(C)C=CC2)C(=O)/C1=C/C=C\C. The first-order valence-electron chi connectivity index (χ1n) is 8.65. The molecule has 3 rings (SSSR count). The largest absolute Gasteiger partial charge is 0.347 e. The summed E-state index contributed by atoms with van der Waals surface area (Å²) in [6, 6.07) is 0. The number of aliphatic imine (C=N–C) groups is 2. The summed E-state index contributed by atoms with van der Waals surface area (Å²) >= 11 is 0. The van der Waals surface area contributed by atoms with E-state index in [0.29, 0.717) is 40.5 Å². The number of nitrogens with zero attached hydrogens (tertiary/aromatic N) is 3. The molecule has 1 heterocycles. The van der Waals surface area contributed by atoms with E-state index >= 15 is 0 Å². The summed E-state index contributed by atoms with van der Waals surface area (Å²) in [7, 11) is 3.78. The van der Waals surface area contributed by atoms with Crippen molar-refractivity contribution in [2.24, 2.45) is 9.98 Å². The Labute approximate surface area is 154 Å². The topological polar surface area (TPSA) is 45.0 Å². The Morgan fingerprint density at radius 1 is 1.23 bits per heavy atom.